The van der Waals surface area contributed by atoms with E-state index in [9.17, 15) is 4.79 Å². The zero-order chi connectivity index (χ0) is 12.5. The average Bonchev–Trinajstić information content (AvgIpc) is 3.13. The minimum atomic E-state index is -0.404. The molecule has 0 aromatic carbocycles. The lowest BCUT2D eigenvalue weighted by Crippen LogP contribution is -2.53. The molecule has 1 heterocycles. The lowest BCUT2D eigenvalue weighted by Gasteiger charge is -2.38. The van der Waals surface area contributed by atoms with Crippen LogP contribution in [0.5, 0.6) is 0 Å². The Hall–Kier alpha value is -0.610. The van der Waals surface area contributed by atoms with Crippen molar-refractivity contribution < 1.29 is 4.79 Å². The van der Waals surface area contributed by atoms with Crippen molar-refractivity contribution in [2.75, 3.05) is 39.3 Å². The minimum Gasteiger partial charge on any atom is -0.340 e. The standard InChI is InChI=1S/C13H25N3O/c1-13(2,10-14)12(17)16-7-5-15(6-8-16)9-11-3-4-11/h11H,3-10,14H2,1-2H3. The van der Waals surface area contributed by atoms with Crippen LogP contribution in [0.3, 0.4) is 0 Å². The third kappa shape index (κ3) is 3.19. The zero-order valence-electron chi connectivity index (χ0n) is 11.1. The van der Waals surface area contributed by atoms with E-state index in [0.717, 1.165) is 32.1 Å². The van der Waals surface area contributed by atoms with Crippen molar-refractivity contribution in [3.8, 4) is 0 Å². The molecule has 1 saturated carbocycles. The van der Waals surface area contributed by atoms with Crippen molar-refractivity contribution >= 4 is 5.91 Å². The molecule has 1 aliphatic carbocycles. The van der Waals surface area contributed by atoms with Gasteiger partial charge in [-0.05, 0) is 32.6 Å². The molecule has 0 aromatic heterocycles. The van der Waals surface area contributed by atoms with E-state index in [1.165, 1.54) is 19.4 Å². The molecule has 0 bridgehead atoms. The van der Waals surface area contributed by atoms with Crippen LogP contribution in [0.2, 0.25) is 0 Å². The predicted molar refractivity (Wildman–Crippen MR) is 68.6 cm³/mol. The first-order chi connectivity index (χ1) is 8.03. The van der Waals surface area contributed by atoms with E-state index in [0.29, 0.717) is 6.54 Å². The van der Waals surface area contributed by atoms with Gasteiger partial charge in [0.1, 0.15) is 0 Å². The average molecular weight is 239 g/mol. The first-order valence-corrected chi connectivity index (χ1v) is 6.75. The van der Waals surface area contributed by atoms with Gasteiger partial charge in [-0.1, -0.05) is 0 Å². The second-order valence-corrected chi connectivity index (χ2v) is 6.12. The Balaban J connectivity index is 1.79. The van der Waals surface area contributed by atoms with Crippen molar-refractivity contribution in [2.45, 2.75) is 26.7 Å². The van der Waals surface area contributed by atoms with E-state index in [-0.39, 0.29) is 5.91 Å². The molecular weight excluding hydrogens is 214 g/mol. The van der Waals surface area contributed by atoms with Crippen LogP contribution < -0.4 is 5.73 Å². The highest BCUT2D eigenvalue weighted by atomic mass is 16.2. The summed E-state index contributed by atoms with van der Waals surface area (Å²) in [6.45, 7) is 9.34. The van der Waals surface area contributed by atoms with Crippen LogP contribution in [-0.4, -0.2) is 55.0 Å². The molecule has 2 N–H and O–H groups in total. The van der Waals surface area contributed by atoms with Crippen molar-refractivity contribution in [1.82, 2.24) is 9.80 Å². The van der Waals surface area contributed by atoms with E-state index in [4.69, 9.17) is 5.73 Å². The van der Waals surface area contributed by atoms with Gasteiger partial charge in [0.05, 0.1) is 5.41 Å². The molecule has 0 aromatic rings. The van der Waals surface area contributed by atoms with Crippen molar-refractivity contribution in [1.29, 1.82) is 0 Å². The molecule has 4 nitrogen and oxygen atoms in total. The van der Waals surface area contributed by atoms with Crippen LogP contribution in [0, 0.1) is 11.3 Å². The summed E-state index contributed by atoms with van der Waals surface area (Å²) in [5, 5.41) is 0. The zero-order valence-corrected chi connectivity index (χ0v) is 11.1. The van der Waals surface area contributed by atoms with Crippen LogP contribution in [0.4, 0.5) is 0 Å². The smallest absolute Gasteiger partial charge is 0.229 e. The van der Waals surface area contributed by atoms with Crippen LogP contribution >= 0.6 is 0 Å². The van der Waals surface area contributed by atoms with Gasteiger partial charge in [0.15, 0.2) is 0 Å². The van der Waals surface area contributed by atoms with Gasteiger partial charge in [0.25, 0.3) is 0 Å². The maximum Gasteiger partial charge on any atom is 0.229 e. The fourth-order valence-electron chi connectivity index (χ4n) is 2.31. The maximum atomic E-state index is 12.2. The van der Waals surface area contributed by atoms with Crippen molar-refractivity contribution in [3.63, 3.8) is 0 Å². The van der Waals surface area contributed by atoms with E-state index in [1.807, 2.05) is 18.7 Å². The van der Waals surface area contributed by atoms with E-state index < -0.39 is 5.41 Å². The summed E-state index contributed by atoms with van der Waals surface area (Å²) < 4.78 is 0. The Morgan fingerprint density at radius 1 is 1.24 bits per heavy atom. The Kier molecular flexibility index (Phi) is 3.73. The van der Waals surface area contributed by atoms with E-state index in [2.05, 4.69) is 4.90 Å². The molecule has 0 unspecified atom stereocenters. The van der Waals surface area contributed by atoms with Gasteiger partial charge in [-0.2, -0.15) is 0 Å². The van der Waals surface area contributed by atoms with E-state index in [1.54, 1.807) is 0 Å². The number of piperazine rings is 1. The Morgan fingerprint density at radius 3 is 2.29 bits per heavy atom. The highest BCUT2D eigenvalue weighted by Gasteiger charge is 2.33. The predicted octanol–water partition coefficient (Wildman–Crippen LogP) is 0.526. The second-order valence-electron chi connectivity index (χ2n) is 6.12. The van der Waals surface area contributed by atoms with Gasteiger partial charge in [0, 0.05) is 39.3 Å². The molecule has 1 saturated heterocycles. The first-order valence-electron chi connectivity index (χ1n) is 6.75. The maximum absolute atomic E-state index is 12.2. The molecule has 2 aliphatic rings. The lowest BCUT2D eigenvalue weighted by atomic mass is 9.91. The third-order valence-electron chi connectivity index (χ3n) is 3.96. The minimum absolute atomic E-state index is 0.214. The molecule has 4 heteroatoms. The third-order valence-corrected chi connectivity index (χ3v) is 3.96. The summed E-state index contributed by atoms with van der Waals surface area (Å²) in [5.74, 6) is 1.16. The highest BCUT2D eigenvalue weighted by Crippen LogP contribution is 2.30. The monoisotopic (exact) mass is 239 g/mol. The fraction of sp³-hybridized carbons (Fsp3) is 0.923. The number of nitrogens with two attached hydrogens (primary N) is 1. The van der Waals surface area contributed by atoms with Gasteiger partial charge in [-0.25, -0.2) is 0 Å². The Labute approximate surface area is 104 Å². The molecule has 0 spiro atoms. The number of rotatable bonds is 4. The number of carbonyl (C=O) groups is 1. The molecule has 0 atom stereocenters. The highest BCUT2D eigenvalue weighted by molar-refractivity contribution is 5.82. The summed E-state index contributed by atoms with van der Waals surface area (Å²) in [6, 6.07) is 0. The van der Waals surface area contributed by atoms with E-state index >= 15 is 0 Å². The van der Waals surface area contributed by atoms with Gasteiger partial charge in [0.2, 0.25) is 5.91 Å². The van der Waals surface area contributed by atoms with Gasteiger partial charge >= 0.3 is 0 Å². The summed E-state index contributed by atoms with van der Waals surface area (Å²) in [4.78, 5) is 16.7. The lowest BCUT2D eigenvalue weighted by molar-refractivity contribution is -0.141. The molecule has 1 amide bonds. The van der Waals surface area contributed by atoms with Gasteiger partial charge in [-0.3, -0.25) is 9.69 Å². The van der Waals surface area contributed by atoms with Crippen molar-refractivity contribution in [3.05, 3.63) is 0 Å². The molecule has 0 radical (unpaired) electrons. The molecule has 98 valence electrons. The number of carbonyl (C=O) groups excluding carboxylic acids is 1. The molecule has 1 aliphatic heterocycles. The molecule has 2 rings (SSSR count). The van der Waals surface area contributed by atoms with Crippen LogP contribution in [-0.2, 0) is 4.79 Å². The van der Waals surface area contributed by atoms with Gasteiger partial charge in [-0.15, -0.1) is 0 Å². The topological polar surface area (TPSA) is 49.6 Å². The normalized spacial score (nSPS) is 22.9. The number of hydrogen-bond donors (Lipinski definition) is 1. The summed E-state index contributed by atoms with van der Waals surface area (Å²) in [7, 11) is 0. The number of nitrogens with zero attached hydrogens (tertiary/aromatic N) is 2. The fourth-order valence-corrected chi connectivity index (χ4v) is 2.31. The van der Waals surface area contributed by atoms with Crippen LogP contribution in [0.1, 0.15) is 26.7 Å². The molecule has 2 fully saturated rings. The molecular formula is C13H25N3O. The number of amides is 1. The largest absolute Gasteiger partial charge is 0.340 e. The van der Waals surface area contributed by atoms with Crippen LogP contribution in [0.25, 0.3) is 0 Å². The Bertz CT molecular complexity index is 278. The summed E-state index contributed by atoms with van der Waals surface area (Å²) in [6.07, 6.45) is 2.80. The number of hydrogen-bond acceptors (Lipinski definition) is 3. The van der Waals surface area contributed by atoms with Crippen LogP contribution in [0.15, 0.2) is 0 Å². The van der Waals surface area contributed by atoms with Crippen molar-refractivity contribution in [2.24, 2.45) is 17.1 Å². The SMILES string of the molecule is CC(C)(CN)C(=O)N1CCN(CC2CC2)CC1. The molecule has 17 heavy (non-hydrogen) atoms. The first kappa shape index (κ1) is 12.8. The second kappa shape index (κ2) is 4.94. The van der Waals surface area contributed by atoms with Gasteiger partial charge < -0.3 is 10.6 Å². The Morgan fingerprint density at radius 2 is 1.82 bits per heavy atom. The quantitative estimate of drug-likeness (QED) is 0.778. The summed E-state index contributed by atoms with van der Waals surface area (Å²) in [5.41, 5.74) is 5.25. The summed E-state index contributed by atoms with van der Waals surface area (Å²) >= 11 is 0.